The molecule has 1 fully saturated rings. The molecular weight excluding hydrogens is 637 g/mol. The molecule has 5 rings (SSSR count). The van der Waals surface area contributed by atoms with Crippen molar-refractivity contribution in [3.63, 3.8) is 0 Å². The second-order valence-corrected chi connectivity index (χ2v) is 14.2. The Balaban J connectivity index is 1.56. The third-order valence-corrected chi connectivity index (χ3v) is 10.6. The van der Waals surface area contributed by atoms with Gasteiger partial charge in [0.25, 0.3) is 10.0 Å². The van der Waals surface area contributed by atoms with Crippen molar-refractivity contribution in [1.29, 1.82) is 0 Å². The number of anilines is 1. The predicted molar refractivity (Wildman–Crippen MR) is 183 cm³/mol. The number of halogens is 2. The Morgan fingerprint density at radius 2 is 1.51 bits per heavy atom. The Morgan fingerprint density at radius 1 is 0.872 bits per heavy atom. The minimum absolute atomic E-state index is 0.00200. The first kappa shape index (κ1) is 34.1. The van der Waals surface area contributed by atoms with Crippen molar-refractivity contribution in [2.75, 3.05) is 10.8 Å². The molecule has 4 aromatic carbocycles. The average Bonchev–Trinajstić information content (AvgIpc) is 3.08. The smallest absolute Gasteiger partial charge is 0.264 e. The summed E-state index contributed by atoms with van der Waals surface area (Å²) in [4.78, 5) is 30.2. The number of sulfonamides is 1. The number of amides is 2. The molecule has 1 atom stereocenters. The molecule has 1 aliphatic rings. The van der Waals surface area contributed by atoms with Gasteiger partial charge in [0.15, 0.2) is 0 Å². The second-order valence-electron chi connectivity index (χ2n) is 12.0. The van der Waals surface area contributed by atoms with Crippen LogP contribution in [0.25, 0.3) is 0 Å². The number of benzene rings is 4. The highest BCUT2D eigenvalue weighted by Gasteiger charge is 2.35. The molecule has 0 radical (unpaired) electrons. The van der Waals surface area contributed by atoms with Crippen LogP contribution >= 0.6 is 11.6 Å². The van der Waals surface area contributed by atoms with Crippen LogP contribution in [0.5, 0.6) is 0 Å². The van der Waals surface area contributed by atoms with Crippen LogP contribution in [0.2, 0.25) is 5.02 Å². The van der Waals surface area contributed by atoms with Gasteiger partial charge in [0.1, 0.15) is 18.4 Å². The first-order valence-electron chi connectivity index (χ1n) is 15.8. The van der Waals surface area contributed by atoms with Crippen LogP contribution in [0.3, 0.4) is 0 Å². The van der Waals surface area contributed by atoms with Gasteiger partial charge in [0.2, 0.25) is 11.8 Å². The minimum atomic E-state index is -4.31. The van der Waals surface area contributed by atoms with Gasteiger partial charge in [-0.1, -0.05) is 109 Å². The molecule has 0 heterocycles. The number of hydrogen-bond donors (Lipinski definition) is 1. The summed E-state index contributed by atoms with van der Waals surface area (Å²) in [7, 11) is -4.31. The summed E-state index contributed by atoms with van der Waals surface area (Å²) in [5.41, 5.74) is 2.71. The van der Waals surface area contributed by atoms with Crippen molar-refractivity contribution >= 4 is 39.1 Å². The Bertz CT molecular complexity index is 1770. The maximum atomic E-state index is 14.6. The van der Waals surface area contributed by atoms with Crippen LogP contribution in [0, 0.1) is 12.7 Å². The molecule has 246 valence electrons. The lowest BCUT2D eigenvalue weighted by atomic mass is 9.94. The van der Waals surface area contributed by atoms with Gasteiger partial charge in [-0.25, -0.2) is 12.8 Å². The molecule has 0 bridgehead atoms. The summed E-state index contributed by atoms with van der Waals surface area (Å²) in [6.45, 7) is 1.38. The zero-order valence-corrected chi connectivity index (χ0v) is 27.9. The van der Waals surface area contributed by atoms with Gasteiger partial charge in [-0.15, -0.1) is 0 Å². The van der Waals surface area contributed by atoms with Crippen molar-refractivity contribution in [2.24, 2.45) is 0 Å². The minimum Gasteiger partial charge on any atom is -0.352 e. The van der Waals surface area contributed by atoms with Gasteiger partial charge < -0.3 is 10.2 Å². The molecule has 0 aliphatic heterocycles. The van der Waals surface area contributed by atoms with Crippen LogP contribution in [0.4, 0.5) is 10.1 Å². The summed E-state index contributed by atoms with van der Waals surface area (Å²) < 4.78 is 43.3. The van der Waals surface area contributed by atoms with Gasteiger partial charge in [-0.05, 0) is 61.2 Å². The molecule has 10 heteroatoms. The van der Waals surface area contributed by atoms with Gasteiger partial charge in [-0.3, -0.25) is 13.9 Å². The van der Waals surface area contributed by atoms with E-state index in [1.807, 2.05) is 61.5 Å². The van der Waals surface area contributed by atoms with Crippen LogP contribution < -0.4 is 9.62 Å². The van der Waals surface area contributed by atoms with Crippen LogP contribution in [-0.2, 0) is 32.6 Å². The monoisotopic (exact) mass is 675 g/mol. The zero-order valence-electron chi connectivity index (χ0n) is 26.3. The molecule has 4 aromatic rings. The maximum absolute atomic E-state index is 14.6. The Kier molecular flexibility index (Phi) is 11.3. The van der Waals surface area contributed by atoms with Gasteiger partial charge in [0.05, 0.1) is 15.6 Å². The van der Waals surface area contributed by atoms with E-state index in [0.717, 1.165) is 59.2 Å². The fourth-order valence-electron chi connectivity index (χ4n) is 5.88. The average molecular weight is 676 g/mol. The molecule has 0 saturated heterocycles. The van der Waals surface area contributed by atoms with E-state index in [9.17, 15) is 22.4 Å². The van der Waals surface area contributed by atoms with Crippen molar-refractivity contribution in [2.45, 2.75) is 69.0 Å². The standard InChI is InChI=1S/C37H39ClFN3O4S/c1-27-17-19-29(20-18-27)25-41(35(23-28-11-5-2-6-12-28)37(44)40-30-13-7-3-8-14-30)36(43)26-42(31-21-22-34(39)33(38)24-31)47(45,46)32-15-9-4-10-16-32/h2,4-6,9-12,15-22,24,30,35H,3,7-8,13-14,23,25-26H2,1H3,(H,40,44)/t35-/m0/s1. The zero-order chi connectivity index (χ0) is 33.4. The van der Waals surface area contributed by atoms with Crippen molar-refractivity contribution in [3.05, 3.63) is 131 Å². The van der Waals surface area contributed by atoms with Crippen molar-refractivity contribution < 1.29 is 22.4 Å². The molecule has 2 amide bonds. The van der Waals surface area contributed by atoms with E-state index in [1.54, 1.807) is 18.2 Å². The molecule has 0 spiro atoms. The Morgan fingerprint density at radius 3 is 2.15 bits per heavy atom. The number of hydrogen-bond acceptors (Lipinski definition) is 4. The van der Waals surface area contributed by atoms with Crippen molar-refractivity contribution in [1.82, 2.24) is 10.2 Å². The number of carbonyl (C=O) groups is 2. The Hall–Kier alpha value is -4.21. The summed E-state index contributed by atoms with van der Waals surface area (Å²) in [6, 6.07) is 27.4. The third kappa shape index (κ3) is 8.78. The quantitative estimate of drug-likeness (QED) is 0.174. The fourth-order valence-corrected chi connectivity index (χ4v) is 7.48. The molecule has 1 aliphatic carbocycles. The van der Waals surface area contributed by atoms with E-state index >= 15 is 0 Å². The normalized spacial score (nSPS) is 14.3. The predicted octanol–water partition coefficient (Wildman–Crippen LogP) is 7.07. The number of aryl methyl sites for hydroxylation is 1. The van der Waals surface area contributed by atoms with Crippen LogP contribution in [0.15, 0.2) is 108 Å². The van der Waals surface area contributed by atoms with E-state index in [1.165, 1.54) is 29.2 Å². The number of carbonyl (C=O) groups excluding carboxylic acids is 2. The second kappa shape index (κ2) is 15.6. The highest BCUT2D eigenvalue weighted by atomic mass is 35.5. The highest BCUT2D eigenvalue weighted by Crippen LogP contribution is 2.29. The molecule has 47 heavy (non-hydrogen) atoms. The lowest BCUT2D eigenvalue weighted by Crippen LogP contribution is -2.55. The number of rotatable bonds is 12. The SMILES string of the molecule is Cc1ccc(CN(C(=O)CN(c2ccc(F)c(Cl)c2)S(=O)(=O)c2ccccc2)[C@@H](Cc2ccccc2)C(=O)NC2CCCCC2)cc1. The molecule has 1 saturated carbocycles. The largest absolute Gasteiger partial charge is 0.352 e. The molecule has 7 nitrogen and oxygen atoms in total. The van der Waals surface area contributed by atoms with E-state index in [0.29, 0.717) is 0 Å². The molecular formula is C37H39ClFN3O4S. The number of nitrogens with one attached hydrogen (secondary N) is 1. The summed E-state index contributed by atoms with van der Waals surface area (Å²) in [6.07, 6.45) is 5.12. The lowest BCUT2D eigenvalue weighted by molar-refractivity contribution is -0.140. The van der Waals surface area contributed by atoms with E-state index in [-0.39, 0.29) is 40.5 Å². The molecule has 1 N–H and O–H groups in total. The Labute approximate surface area is 281 Å². The van der Waals surface area contributed by atoms with E-state index in [2.05, 4.69) is 5.32 Å². The van der Waals surface area contributed by atoms with E-state index < -0.39 is 34.3 Å². The van der Waals surface area contributed by atoms with Crippen LogP contribution in [0.1, 0.15) is 48.8 Å². The first-order valence-corrected chi connectivity index (χ1v) is 17.7. The fraction of sp³-hybridized carbons (Fsp3) is 0.297. The van der Waals surface area contributed by atoms with Crippen LogP contribution in [-0.4, -0.2) is 43.8 Å². The summed E-state index contributed by atoms with van der Waals surface area (Å²) >= 11 is 6.10. The highest BCUT2D eigenvalue weighted by molar-refractivity contribution is 7.92. The number of nitrogens with zero attached hydrogens (tertiary/aromatic N) is 2. The third-order valence-electron chi connectivity index (χ3n) is 8.50. The lowest BCUT2D eigenvalue weighted by Gasteiger charge is -2.35. The maximum Gasteiger partial charge on any atom is 0.264 e. The van der Waals surface area contributed by atoms with Crippen molar-refractivity contribution in [3.8, 4) is 0 Å². The molecule has 0 unspecified atom stereocenters. The van der Waals surface area contributed by atoms with Gasteiger partial charge in [-0.2, -0.15) is 0 Å². The summed E-state index contributed by atoms with van der Waals surface area (Å²) in [5, 5.41) is 2.92. The van der Waals surface area contributed by atoms with Gasteiger partial charge in [0, 0.05) is 19.0 Å². The molecule has 0 aromatic heterocycles. The first-order chi connectivity index (χ1) is 22.6. The topological polar surface area (TPSA) is 86.8 Å². The summed E-state index contributed by atoms with van der Waals surface area (Å²) in [5.74, 6) is -1.60. The van der Waals surface area contributed by atoms with Gasteiger partial charge >= 0.3 is 0 Å². The van der Waals surface area contributed by atoms with E-state index in [4.69, 9.17) is 11.6 Å².